The summed E-state index contributed by atoms with van der Waals surface area (Å²) in [5, 5.41) is 14.3. The molecule has 1 heterocycles. The average Bonchev–Trinajstić information content (AvgIpc) is 2.75. The van der Waals surface area contributed by atoms with Crippen molar-refractivity contribution in [3.63, 3.8) is 0 Å². The van der Waals surface area contributed by atoms with Crippen molar-refractivity contribution in [1.29, 1.82) is 0 Å². The summed E-state index contributed by atoms with van der Waals surface area (Å²) in [4.78, 5) is 4.83. The third-order valence-electron chi connectivity index (χ3n) is 4.99. The van der Waals surface area contributed by atoms with Crippen LogP contribution in [0.2, 0.25) is 5.02 Å². The molecule has 1 aliphatic rings. The molecule has 0 saturated heterocycles. The van der Waals surface area contributed by atoms with E-state index in [9.17, 15) is 9.50 Å². The number of nitrogens with zero attached hydrogens (tertiary/aromatic N) is 1. The van der Waals surface area contributed by atoms with Crippen LogP contribution in [0.3, 0.4) is 0 Å². The molecule has 0 spiro atoms. The molecule has 4 rings (SSSR count). The minimum absolute atomic E-state index is 0.154. The van der Waals surface area contributed by atoms with Gasteiger partial charge >= 0.3 is 0 Å². The van der Waals surface area contributed by atoms with Gasteiger partial charge in [-0.05, 0) is 65.7 Å². The number of hydrogen-bond donors (Lipinski definition) is 2. The van der Waals surface area contributed by atoms with Crippen molar-refractivity contribution in [2.45, 2.75) is 18.6 Å². The van der Waals surface area contributed by atoms with E-state index in [1.165, 1.54) is 12.1 Å². The first-order valence-corrected chi connectivity index (χ1v) is 9.62. The van der Waals surface area contributed by atoms with E-state index < -0.39 is 6.17 Å². The minimum atomic E-state index is -0.458. The smallest absolute Gasteiger partial charge is 0.126 e. The van der Waals surface area contributed by atoms with E-state index in [0.717, 1.165) is 17.0 Å². The van der Waals surface area contributed by atoms with Crippen LogP contribution in [0.1, 0.15) is 35.3 Å². The number of phenols is 1. The quantitative estimate of drug-likeness (QED) is 0.604. The fourth-order valence-corrected chi connectivity index (χ4v) is 3.70. The minimum Gasteiger partial charge on any atom is -0.508 e. The van der Waals surface area contributed by atoms with Crippen molar-refractivity contribution in [2.75, 3.05) is 7.11 Å². The maximum atomic E-state index is 13.8. The van der Waals surface area contributed by atoms with Crippen LogP contribution < -0.4 is 10.1 Å². The fraction of sp³-hybridized carbons (Fsp3) is 0.174. The largest absolute Gasteiger partial charge is 0.508 e. The Morgan fingerprint density at radius 2 is 1.90 bits per heavy atom. The Morgan fingerprint density at radius 3 is 2.62 bits per heavy atom. The van der Waals surface area contributed by atoms with E-state index in [1.54, 1.807) is 31.4 Å². The lowest BCUT2D eigenvalue weighted by Crippen LogP contribution is -2.33. The summed E-state index contributed by atoms with van der Waals surface area (Å²) in [6.45, 7) is 0. The van der Waals surface area contributed by atoms with Crippen LogP contribution in [0, 0.1) is 5.82 Å². The second-order valence-electron chi connectivity index (χ2n) is 6.89. The van der Waals surface area contributed by atoms with Crippen molar-refractivity contribution >= 4 is 17.3 Å². The Bertz CT molecular complexity index is 1050. The highest BCUT2D eigenvalue weighted by Crippen LogP contribution is 2.36. The monoisotopic (exact) mass is 410 g/mol. The van der Waals surface area contributed by atoms with E-state index in [1.807, 2.05) is 30.3 Å². The number of hydrogen-bond acceptors (Lipinski definition) is 4. The van der Waals surface area contributed by atoms with Crippen LogP contribution in [0.15, 0.2) is 71.7 Å². The topological polar surface area (TPSA) is 53.8 Å². The summed E-state index contributed by atoms with van der Waals surface area (Å²) in [6, 6.07) is 18.7. The number of nitrogens with one attached hydrogen (secondary N) is 1. The summed E-state index contributed by atoms with van der Waals surface area (Å²) in [5.74, 6) is 0.591. The standard InChI is InChI=1S/C23H20ClFN2O2/c1-29-18-8-5-14(6-9-18)20-13-21(19-12-16(24)7-10-22(19)28)27-23(26-20)15-3-2-4-17(25)11-15/h2-12,21,23,27-28H,13H2,1H3/t21-,23-/m0/s1. The Kier molecular flexibility index (Phi) is 5.51. The summed E-state index contributed by atoms with van der Waals surface area (Å²) in [7, 11) is 1.62. The summed E-state index contributed by atoms with van der Waals surface area (Å²) in [5.41, 5.74) is 3.19. The molecule has 148 valence electrons. The molecule has 3 aromatic rings. The van der Waals surface area contributed by atoms with E-state index in [0.29, 0.717) is 22.6 Å². The first-order valence-electron chi connectivity index (χ1n) is 9.24. The van der Waals surface area contributed by atoms with Gasteiger partial charge in [-0.15, -0.1) is 0 Å². The second-order valence-corrected chi connectivity index (χ2v) is 7.32. The van der Waals surface area contributed by atoms with Crippen LogP contribution in [0.25, 0.3) is 0 Å². The van der Waals surface area contributed by atoms with Crippen molar-refractivity contribution in [3.8, 4) is 11.5 Å². The number of methoxy groups -OCH3 is 1. The van der Waals surface area contributed by atoms with Crippen LogP contribution in [0.5, 0.6) is 11.5 Å². The molecule has 0 fully saturated rings. The zero-order valence-corrected chi connectivity index (χ0v) is 16.5. The lowest BCUT2D eigenvalue weighted by Gasteiger charge is -2.31. The van der Waals surface area contributed by atoms with Crippen molar-refractivity contribution in [3.05, 3.63) is 94.3 Å². The third kappa shape index (κ3) is 4.26. The van der Waals surface area contributed by atoms with Crippen molar-refractivity contribution < 1.29 is 14.2 Å². The Balaban J connectivity index is 1.76. The first-order chi connectivity index (χ1) is 14.0. The van der Waals surface area contributed by atoms with Gasteiger partial charge in [-0.1, -0.05) is 23.7 Å². The van der Waals surface area contributed by atoms with E-state index in [4.69, 9.17) is 21.3 Å². The molecule has 4 nitrogen and oxygen atoms in total. The highest BCUT2D eigenvalue weighted by atomic mass is 35.5. The predicted octanol–water partition coefficient (Wildman–Crippen LogP) is 5.42. The molecule has 0 unspecified atom stereocenters. The first kappa shape index (κ1) is 19.4. The zero-order valence-electron chi connectivity index (χ0n) is 15.8. The van der Waals surface area contributed by atoms with E-state index in [-0.39, 0.29) is 17.6 Å². The molecule has 0 radical (unpaired) electrons. The highest BCUT2D eigenvalue weighted by Gasteiger charge is 2.28. The van der Waals surface area contributed by atoms with Crippen molar-refractivity contribution in [2.24, 2.45) is 4.99 Å². The van der Waals surface area contributed by atoms with Gasteiger partial charge in [0.1, 0.15) is 23.5 Å². The van der Waals surface area contributed by atoms with Crippen molar-refractivity contribution in [1.82, 2.24) is 5.32 Å². The second kappa shape index (κ2) is 8.23. The number of ether oxygens (including phenoxy) is 1. The Labute approximate surface area is 173 Å². The van der Waals surface area contributed by atoms with E-state index >= 15 is 0 Å². The maximum Gasteiger partial charge on any atom is 0.126 e. The number of benzene rings is 3. The summed E-state index contributed by atoms with van der Waals surface area (Å²) >= 11 is 6.16. The average molecular weight is 411 g/mol. The molecule has 0 bridgehead atoms. The van der Waals surface area contributed by atoms with Gasteiger partial charge in [-0.2, -0.15) is 0 Å². The van der Waals surface area contributed by atoms with Gasteiger partial charge < -0.3 is 9.84 Å². The van der Waals surface area contributed by atoms with Gasteiger partial charge in [-0.3, -0.25) is 10.3 Å². The van der Waals surface area contributed by atoms with Gasteiger partial charge in [0.15, 0.2) is 0 Å². The lowest BCUT2D eigenvalue weighted by molar-refractivity contribution is 0.411. The van der Waals surface area contributed by atoms with Gasteiger partial charge in [0.25, 0.3) is 0 Å². The van der Waals surface area contributed by atoms with Crippen LogP contribution in [-0.2, 0) is 0 Å². The molecule has 0 aliphatic carbocycles. The maximum absolute atomic E-state index is 13.8. The number of phenolic OH excluding ortho intramolecular Hbond substituents is 1. The fourth-order valence-electron chi connectivity index (χ4n) is 3.52. The van der Waals surface area contributed by atoms with Gasteiger partial charge in [-0.25, -0.2) is 4.39 Å². The highest BCUT2D eigenvalue weighted by molar-refractivity contribution is 6.30. The molecular formula is C23H20ClFN2O2. The molecule has 2 N–H and O–H groups in total. The molecule has 2 atom stereocenters. The third-order valence-corrected chi connectivity index (χ3v) is 5.23. The molecule has 3 aromatic carbocycles. The lowest BCUT2D eigenvalue weighted by atomic mass is 9.93. The van der Waals surface area contributed by atoms with Gasteiger partial charge in [0, 0.05) is 28.8 Å². The molecular weight excluding hydrogens is 391 g/mol. The molecule has 0 aromatic heterocycles. The summed E-state index contributed by atoms with van der Waals surface area (Å²) < 4.78 is 19.1. The van der Waals surface area contributed by atoms with Crippen LogP contribution >= 0.6 is 11.6 Å². The molecule has 29 heavy (non-hydrogen) atoms. The Morgan fingerprint density at radius 1 is 1.10 bits per heavy atom. The number of aromatic hydroxyl groups is 1. The van der Waals surface area contributed by atoms with Gasteiger partial charge in [0.05, 0.1) is 7.11 Å². The predicted molar refractivity (Wildman–Crippen MR) is 112 cm³/mol. The summed E-state index contributed by atoms with van der Waals surface area (Å²) in [6.07, 6.45) is 0.0893. The molecule has 1 aliphatic heterocycles. The number of rotatable bonds is 4. The van der Waals surface area contributed by atoms with Crippen LogP contribution in [-0.4, -0.2) is 17.9 Å². The number of halogens is 2. The SMILES string of the molecule is COc1ccc(C2=N[C@H](c3cccc(F)c3)N[C@H](c3cc(Cl)ccc3O)C2)cc1. The normalized spacial score (nSPS) is 18.9. The Hall–Kier alpha value is -2.89. The van der Waals surface area contributed by atoms with Crippen LogP contribution in [0.4, 0.5) is 4.39 Å². The van der Waals surface area contributed by atoms with Gasteiger partial charge in [0.2, 0.25) is 0 Å². The molecule has 0 saturated carbocycles. The number of aliphatic imine (C=N–C) groups is 1. The molecule has 6 heteroatoms. The molecule has 0 amide bonds. The zero-order chi connectivity index (χ0) is 20.4. The van der Waals surface area contributed by atoms with E-state index in [2.05, 4.69) is 5.32 Å².